The summed E-state index contributed by atoms with van der Waals surface area (Å²) in [5, 5.41) is 11.9. The van der Waals surface area contributed by atoms with Gasteiger partial charge in [0.2, 0.25) is 5.91 Å². The summed E-state index contributed by atoms with van der Waals surface area (Å²) in [6.45, 7) is 1.59. The number of pyridine rings is 1. The number of nitrogens with one attached hydrogen (secondary N) is 1. The van der Waals surface area contributed by atoms with Gasteiger partial charge in [-0.05, 0) is 48.4 Å². The molecule has 1 amide bonds. The molecule has 1 aliphatic heterocycles. The fraction of sp³-hybridized carbons (Fsp3) is 0.211. The highest BCUT2D eigenvalue weighted by Gasteiger charge is 2.18. The van der Waals surface area contributed by atoms with Gasteiger partial charge in [0.05, 0.1) is 17.8 Å². The molecule has 0 unspecified atom stereocenters. The van der Waals surface area contributed by atoms with E-state index in [2.05, 4.69) is 16.4 Å². The van der Waals surface area contributed by atoms with Gasteiger partial charge in [-0.1, -0.05) is 6.08 Å². The Hall–Kier alpha value is -3.04. The van der Waals surface area contributed by atoms with Crippen molar-refractivity contribution in [1.29, 1.82) is 5.26 Å². The number of carbonyl (C=O) groups excluding carboxylic acids is 1. The summed E-state index contributed by atoms with van der Waals surface area (Å²) in [7, 11) is 0. The number of benzene rings is 1. The van der Waals surface area contributed by atoms with Gasteiger partial charge in [0.15, 0.2) is 0 Å². The summed E-state index contributed by atoms with van der Waals surface area (Å²) in [5.74, 6) is -0.475. The second kappa shape index (κ2) is 7.69. The van der Waals surface area contributed by atoms with Crippen molar-refractivity contribution in [3.05, 3.63) is 65.7 Å². The minimum absolute atomic E-state index is 0.140. The Bertz CT molecular complexity index is 839. The van der Waals surface area contributed by atoms with Crippen LogP contribution in [-0.2, 0) is 4.79 Å². The van der Waals surface area contributed by atoms with Crippen molar-refractivity contribution in [2.45, 2.75) is 6.42 Å². The number of nitrogens with zero attached hydrogens (tertiary/aromatic N) is 3. The summed E-state index contributed by atoms with van der Waals surface area (Å²) in [6.07, 6.45) is 4.42. The third-order valence-corrected chi connectivity index (χ3v) is 4.02. The molecular weight excluding hydrogens is 319 g/mol. The van der Waals surface area contributed by atoms with Crippen LogP contribution in [0.5, 0.6) is 0 Å². The normalized spacial score (nSPS) is 14.5. The smallest absolute Gasteiger partial charge is 0.238 e. The fourth-order valence-electron chi connectivity index (χ4n) is 2.76. The molecular formula is C19H17FN4O. The van der Waals surface area contributed by atoms with Crippen molar-refractivity contribution in [1.82, 2.24) is 9.88 Å². The minimum Gasteiger partial charge on any atom is -0.325 e. The molecule has 2 aromatic rings. The van der Waals surface area contributed by atoms with Crippen LogP contribution in [0, 0.1) is 17.1 Å². The number of carbonyl (C=O) groups is 1. The molecule has 3 rings (SSSR count). The van der Waals surface area contributed by atoms with Crippen LogP contribution in [-0.4, -0.2) is 35.4 Å². The van der Waals surface area contributed by atoms with E-state index in [9.17, 15) is 14.4 Å². The molecule has 0 aliphatic carbocycles. The van der Waals surface area contributed by atoms with Crippen LogP contribution in [0.4, 0.5) is 10.1 Å². The number of rotatable bonds is 4. The van der Waals surface area contributed by atoms with Crippen molar-refractivity contribution in [2.24, 2.45) is 0 Å². The molecule has 0 saturated heterocycles. The van der Waals surface area contributed by atoms with Gasteiger partial charge in [-0.25, -0.2) is 4.39 Å². The summed E-state index contributed by atoms with van der Waals surface area (Å²) in [6, 6.07) is 11.4. The topological polar surface area (TPSA) is 69.0 Å². The van der Waals surface area contributed by atoms with Crippen molar-refractivity contribution in [2.75, 3.05) is 25.0 Å². The van der Waals surface area contributed by atoms with Crippen molar-refractivity contribution < 1.29 is 9.18 Å². The Labute approximate surface area is 145 Å². The monoisotopic (exact) mass is 336 g/mol. The summed E-state index contributed by atoms with van der Waals surface area (Å²) in [4.78, 5) is 18.4. The highest BCUT2D eigenvalue weighted by molar-refractivity contribution is 5.92. The molecule has 0 spiro atoms. The Morgan fingerprint density at radius 1 is 1.32 bits per heavy atom. The molecule has 5 nitrogen and oxygen atoms in total. The number of hydrogen-bond donors (Lipinski definition) is 1. The van der Waals surface area contributed by atoms with Crippen LogP contribution in [0.3, 0.4) is 0 Å². The van der Waals surface area contributed by atoms with Gasteiger partial charge >= 0.3 is 0 Å². The third-order valence-electron chi connectivity index (χ3n) is 4.02. The average molecular weight is 336 g/mol. The Morgan fingerprint density at radius 3 is 2.80 bits per heavy atom. The number of halogens is 1. The number of anilines is 1. The van der Waals surface area contributed by atoms with E-state index in [1.807, 2.05) is 11.0 Å². The molecule has 1 N–H and O–H groups in total. The highest BCUT2D eigenvalue weighted by Crippen LogP contribution is 2.23. The Kier molecular flexibility index (Phi) is 5.17. The predicted molar refractivity (Wildman–Crippen MR) is 93.0 cm³/mol. The zero-order valence-corrected chi connectivity index (χ0v) is 13.6. The standard InChI is InChI=1S/C19H17FN4O/c20-16-3-5-17(6-4-16)23-18(25)13-24-10-7-14(8-11-24)19-15(12-21)2-1-9-22-19/h1-7,9H,8,10-11,13H2,(H,23,25). The number of aromatic nitrogens is 1. The molecule has 1 aromatic carbocycles. The lowest BCUT2D eigenvalue weighted by atomic mass is 10.0. The maximum Gasteiger partial charge on any atom is 0.238 e. The van der Waals surface area contributed by atoms with Crippen LogP contribution in [0.1, 0.15) is 17.7 Å². The molecule has 6 heteroatoms. The fourth-order valence-corrected chi connectivity index (χ4v) is 2.76. The van der Waals surface area contributed by atoms with E-state index in [-0.39, 0.29) is 18.3 Å². The lowest BCUT2D eigenvalue weighted by molar-refractivity contribution is -0.117. The van der Waals surface area contributed by atoms with Crippen molar-refractivity contribution in [3.8, 4) is 6.07 Å². The summed E-state index contributed by atoms with van der Waals surface area (Å²) in [5.41, 5.74) is 2.90. The average Bonchev–Trinajstić information content (AvgIpc) is 2.64. The van der Waals surface area contributed by atoms with E-state index >= 15 is 0 Å². The first-order chi connectivity index (χ1) is 12.2. The first kappa shape index (κ1) is 16.8. The zero-order valence-electron chi connectivity index (χ0n) is 13.6. The predicted octanol–water partition coefficient (Wildman–Crippen LogP) is 2.82. The first-order valence-electron chi connectivity index (χ1n) is 7.98. The molecule has 0 atom stereocenters. The van der Waals surface area contributed by atoms with Gasteiger partial charge in [0, 0.05) is 25.0 Å². The van der Waals surface area contributed by atoms with Gasteiger partial charge < -0.3 is 5.32 Å². The molecule has 1 aromatic heterocycles. The van der Waals surface area contributed by atoms with Crippen LogP contribution < -0.4 is 5.32 Å². The largest absolute Gasteiger partial charge is 0.325 e. The molecule has 2 heterocycles. The van der Waals surface area contributed by atoms with E-state index in [0.29, 0.717) is 24.3 Å². The van der Waals surface area contributed by atoms with Crippen LogP contribution in [0.2, 0.25) is 0 Å². The third kappa shape index (κ3) is 4.28. The summed E-state index contributed by atoms with van der Waals surface area (Å²) < 4.78 is 12.9. The van der Waals surface area contributed by atoms with Crippen LogP contribution in [0.15, 0.2) is 48.7 Å². The Morgan fingerprint density at radius 2 is 2.12 bits per heavy atom. The van der Waals surface area contributed by atoms with E-state index in [1.54, 1.807) is 18.3 Å². The molecule has 0 saturated carbocycles. The molecule has 0 radical (unpaired) electrons. The van der Waals surface area contributed by atoms with E-state index in [0.717, 1.165) is 17.7 Å². The molecule has 0 bridgehead atoms. The minimum atomic E-state index is -0.335. The number of amides is 1. The zero-order chi connectivity index (χ0) is 17.6. The van der Waals surface area contributed by atoms with E-state index in [1.165, 1.54) is 24.3 Å². The number of nitriles is 1. The van der Waals surface area contributed by atoms with Crippen molar-refractivity contribution in [3.63, 3.8) is 0 Å². The van der Waals surface area contributed by atoms with E-state index in [4.69, 9.17) is 0 Å². The number of hydrogen-bond acceptors (Lipinski definition) is 4. The highest BCUT2D eigenvalue weighted by atomic mass is 19.1. The lowest BCUT2D eigenvalue weighted by Gasteiger charge is -2.25. The van der Waals surface area contributed by atoms with Gasteiger partial charge in [0.25, 0.3) is 0 Å². The van der Waals surface area contributed by atoms with E-state index < -0.39 is 0 Å². The summed E-state index contributed by atoms with van der Waals surface area (Å²) >= 11 is 0. The molecule has 126 valence electrons. The Balaban J connectivity index is 1.58. The van der Waals surface area contributed by atoms with Gasteiger partial charge in [-0.15, -0.1) is 0 Å². The SMILES string of the molecule is N#Cc1cccnc1C1=CCN(CC(=O)Nc2ccc(F)cc2)CC1. The maximum atomic E-state index is 12.9. The molecule has 1 aliphatic rings. The molecule has 25 heavy (non-hydrogen) atoms. The van der Waals surface area contributed by atoms with Crippen LogP contribution in [0.25, 0.3) is 5.57 Å². The first-order valence-corrected chi connectivity index (χ1v) is 7.98. The second-order valence-electron chi connectivity index (χ2n) is 5.78. The van der Waals surface area contributed by atoms with Gasteiger partial charge in [-0.2, -0.15) is 5.26 Å². The quantitative estimate of drug-likeness (QED) is 0.932. The van der Waals surface area contributed by atoms with Gasteiger partial charge in [-0.3, -0.25) is 14.7 Å². The maximum absolute atomic E-state index is 12.9. The lowest BCUT2D eigenvalue weighted by Crippen LogP contribution is -2.36. The molecule has 0 fully saturated rings. The second-order valence-corrected chi connectivity index (χ2v) is 5.78. The van der Waals surface area contributed by atoms with Crippen LogP contribution >= 0.6 is 0 Å². The van der Waals surface area contributed by atoms with Gasteiger partial charge in [0.1, 0.15) is 11.9 Å². The van der Waals surface area contributed by atoms with Crippen molar-refractivity contribution >= 4 is 17.2 Å².